The number of ether oxygens (including phenoxy) is 1. The van der Waals surface area contributed by atoms with Crippen molar-refractivity contribution in [2.45, 2.75) is 37.0 Å². The maximum absolute atomic E-state index is 5.70. The Balaban J connectivity index is 2.35. The van der Waals surface area contributed by atoms with Crippen LogP contribution in [-0.2, 0) is 10.2 Å². The molecule has 1 aromatic carbocycles. The summed E-state index contributed by atoms with van der Waals surface area (Å²) in [7, 11) is 0. The summed E-state index contributed by atoms with van der Waals surface area (Å²) >= 11 is 5.54. The van der Waals surface area contributed by atoms with Crippen LogP contribution in [0.1, 0.15) is 32.3 Å². The van der Waals surface area contributed by atoms with Gasteiger partial charge in [0.1, 0.15) is 0 Å². The summed E-state index contributed by atoms with van der Waals surface area (Å²) in [5.74, 6) is 1.21. The van der Waals surface area contributed by atoms with E-state index in [1.807, 2.05) is 11.8 Å². The first-order valence-electron chi connectivity index (χ1n) is 6.16. The lowest BCUT2D eigenvalue weighted by Crippen LogP contribution is -2.28. The Morgan fingerprint density at radius 3 is 3.06 bits per heavy atom. The van der Waals surface area contributed by atoms with E-state index in [1.54, 1.807) is 0 Å². The lowest BCUT2D eigenvalue weighted by molar-refractivity contribution is 0.0937. The fraction of sp³-hybridized carbons (Fsp3) is 0.571. The number of hydrogen-bond donors (Lipinski definition) is 0. The van der Waals surface area contributed by atoms with Crippen LogP contribution in [0.2, 0.25) is 0 Å². The Morgan fingerprint density at radius 2 is 2.29 bits per heavy atom. The van der Waals surface area contributed by atoms with Gasteiger partial charge in [0.25, 0.3) is 0 Å². The molecular weight excluding hydrogens is 296 g/mol. The second-order valence-electron chi connectivity index (χ2n) is 4.79. The minimum atomic E-state index is 0.176. The highest BCUT2D eigenvalue weighted by atomic mass is 79.9. The molecule has 0 aromatic heterocycles. The highest BCUT2D eigenvalue weighted by molar-refractivity contribution is 9.10. The lowest BCUT2D eigenvalue weighted by atomic mass is 9.79. The molecule has 3 heteroatoms. The van der Waals surface area contributed by atoms with Gasteiger partial charge in [-0.2, -0.15) is 0 Å². The van der Waals surface area contributed by atoms with Crippen molar-refractivity contribution in [2.75, 3.05) is 19.0 Å². The van der Waals surface area contributed by atoms with E-state index < -0.39 is 0 Å². The Bertz CT molecular complexity index is 394. The first-order chi connectivity index (χ1) is 8.15. The molecule has 1 atom stereocenters. The fourth-order valence-corrected chi connectivity index (χ4v) is 4.07. The molecule has 1 aliphatic rings. The van der Waals surface area contributed by atoms with Crippen LogP contribution in [-0.4, -0.2) is 19.0 Å². The van der Waals surface area contributed by atoms with Gasteiger partial charge in [0.2, 0.25) is 0 Å². The van der Waals surface area contributed by atoms with Crippen LogP contribution in [0.4, 0.5) is 0 Å². The molecule has 1 heterocycles. The van der Waals surface area contributed by atoms with E-state index >= 15 is 0 Å². The van der Waals surface area contributed by atoms with Gasteiger partial charge in [-0.05, 0) is 43.2 Å². The molecule has 0 amide bonds. The lowest BCUT2D eigenvalue weighted by Gasteiger charge is -2.29. The van der Waals surface area contributed by atoms with Gasteiger partial charge in [-0.25, -0.2) is 0 Å². The number of rotatable bonds is 3. The third-order valence-corrected chi connectivity index (χ3v) is 4.98. The summed E-state index contributed by atoms with van der Waals surface area (Å²) in [5, 5.41) is 0. The molecule has 0 saturated heterocycles. The van der Waals surface area contributed by atoms with Crippen molar-refractivity contribution in [1.82, 2.24) is 0 Å². The molecule has 1 aliphatic heterocycles. The topological polar surface area (TPSA) is 9.23 Å². The first kappa shape index (κ1) is 13.4. The molecule has 0 N–H and O–H groups in total. The normalized spacial score (nSPS) is 24.2. The number of halogens is 1. The minimum Gasteiger partial charge on any atom is -0.381 e. The molecule has 0 spiro atoms. The summed E-state index contributed by atoms with van der Waals surface area (Å²) < 4.78 is 6.87. The molecule has 0 unspecified atom stereocenters. The van der Waals surface area contributed by atoms with Gasteiger partial charge < -0.3 is 4.74 Å². The Hall–Kier alpha value is 0.01000. The summed E-state index contributed by atoms with van der Waals surface area (Å²) in [6, 6.07) is 6.65. The van der Waals surface area contributed by atoms with E-state index in [2.05, 4.69) is 48.0 Å². The second kappa shape index (κ2) is 5.77. The molecule has 0 fully saturated rings. The van der Waals surface area contributed by atoms with Crippen molar-refractivity contribution in [3.63, 3.8) is 0 Å². The van der Waals surface area contributed by atoms with Gasteiger partial charge in [0, 0.05) is 21.4 Å². The average molecular weight is 315 g/mol. The van der Waals surface area contributed by atoms with Crippen LogP contribution in [0.3, 0.4) is 0 Å². The summed E-state index contributed by atoms with van der Waals surface area (Å²) in [6.45, 7) is 6.03. The van der Waals surface area contributed by atoms with E-state index in [4.69, 9.17) is 4.74 Å². The molecule has 0 bridgehead atoms. The summed E-state index contributed by atoms with van der Waals surface area (Å²) in [4.78, 5) is 1.42. The molecule has 1 aromatic rings. The van der Waals surface area contributed by atoms with Crippen molar-refractivity contribution in [1.29, 1.82) is 0 Å². The van der Waals surface area contributed by atoms with E-state index in [-0.39, 0.29) is 5.41 Å². The van der Waals surface area contributed by atoms with Crippen molar-refractivity contribution >= 4 is 27.7 Å². The smallest absolute Gasteiger partial charge is 0.0560 e. The van der Waals surface area contributed by atoms with Crippen molar-refractivity contribution in [2.24, 2.45) is 0 Å². The number of thioether (sulfide) groups is 1. The van der Waals surface area contributed by atoms with E-state index in [9.17, 15) is 0 Å². The number of hydrogen-bond acceptors (Lipinski definition) is 2. The van der Waals surface area contributed by atoms with Crippen molar-refractivity contribution in [3.8, 4) is 0 Å². The van der Waals surface area contributed by atoms with Crippen LogP contribution in [0.5, 0.6) is 0 Å². The van der Waals surface area contributed by atoms with Crippen LogP contribution in [0, 0.1) is 0 Å². The summed E-state index contributed by atoms with van der Waals surface area (Å²) in [5.41, 5.74) is 1.63. The maximum Gasteiger partial charge on any atom is 0.0560 e. The van der Waals surface area contributed by atoms with Gasteiger partial charge in [-0.15, -0.1) is 11.8 Å². The molecule has 94 valence electrons. The third kappa shape index (κ3) is 3.07. The average Bonchev–Trinajstić information content (AvgIpc) is 2.47. The monoisotopic (exact) mass is 314 g/mol. The molecule has 0 saturated carbocycles. The van der Waals surface area contributed by atoms with E-state index in [0.29, 0.717) is 0 Å². The van der Waals surface area contributed by atoms with Crippen molar-refractivity contribution < 1.29 is 4.74 Å². The van der Waals surface area contributed by atoms with E-state index in [0.717, 1.165) is 13.2 Å². The van der Waals surface area contributed by atoms with Crippen LogP contribution in [0.25, 0.3) is 0 Å². The molecular formula is C14H19BrOS. The SMILES string of the molecule is CCOC[C@@]1(C)CCCSc2cc(Br)ccc21. The highest BCUT2D eigenvalue weighted by Gasteiger charge is 2.31. The highest BCUT2D eigenvalue weighted by Crippen LogP contribution is 2.41. The predicted octanol–water partition coefficient (Wildman–Crippen LogP) is 4.63. The van der Waals surface area contributed by atoms with Crippen LogP contribution in [0.15, 0.2) is 27.6 Å². The molecule has 2 rings (SSSR count). The molecule has 17 heavy (non-hydrogen) atoms. The second-order valence-corrected chi connectivity index (χ2v) is 6.84. The first-order valence-corrected chi connectivity index (χ1v) is 7.94. The summed E-state index contributed by atoms with van der Waals surface area (Å²) in [6.07, 6.45) is 2.48. The zero-order chi connectivity index (χ0) is 12.3. The van der Waals surface area contributed by atoms with E-state index in [1.165, 1.54) is 33.5 Å². The van der Waals surface area contributed by atoms with Crippen LogP contribution >= 0.6 is 27.7 Å². The van der Waals surface area contributed by atoms with Gasteiger partial charge in [0.15, 0.2) is 0 Å². The zero-order valence-electron chi connectivity index (χ0n) is 10.5. The molecule has 0 aliphatic carbocycles. The van der Waals surface area contributed by atoms with Gasteiger partial charge >= 0.3 is 0 Å². The largest absolute Gasteiger partial charge is 0.381 e. The third-order valence-electron chi connectivity index (χ3n) is 3.35. The van der Waals surface area contributed by atoms with Gasteiger partial charge in [-0.1, -0.05) is 28.9 Å². The minimum absolute atomic E-state index is 0.176. The Labute approximate surface area is 116 Å². The predicted molar refractivity (Wildman–Crippen MR) is 77.9 cm³/mol. The maximum atomic E-state index is 5.70. The van der Waals surface area contributed by atoms with Gasteiger partial charge in [0.05, 0.1) is 6.61 Å². The van der Waals surface area contributed by atoms with Crippen molar-refractivity contribution in [3.05, 3.63) is 28.2 Å². The van der Waals surface area contributed by atoms with Crippen LogP contribution < -0.4 is 0 Å². The Morgan fingerprint density at radius 1 is 1.47 bits per heavy atom. The zero-order valence-corrected chi connectivity index (χ0v) is 12.9. The molecule has 0 radical (unpaired) electrons. The van der Waals surface area contributed by atoms with Gasteiger partial charge in [-0.3, -0.25) is 0 Å². The molecule has 1 nitrogen and oxygen atoms in total. The standard InChI is InChI=1S/C14H19BrOS/c1-3-16-10-14(2)7-4-8-17-13-9-11(15)5-6-12(13)14/h5-6,9H,3-4,7-8,10H2,1-2H3/t14-/m1/s1. The quantitative estimate of drug-likeness (QED) is 0.804. The fourth-order valence-electron chi connectivity index (χ4n) is 2.37. The number of benzene rings is 1. The number of fused-ring (bicyclic) bond motifs is 1. The Kier molecular flexibility index (Phi) is 4.56.